The minimum Gasteiger partial charge on any atom is -0.457 e. The van der Waals surface area contributed by atoms with Gasteiger partial charge in [-0.1, -0.05) is 60.7 Å². The van der Waals surface area contributed by atoms with Crippen LogP contribution >= 0.6 is 23.4 Å². The van der Waals surface area contributed by atoms with Gasteiger partial charge in [0.25, 0.3) is 0 Å². The number of nitrogens with zero attached hydrogens (tertiary/aromatic N) is 1. The van der Waals surface area contributed by atoms with Gasteiger partial charge < -0.3 is 9.64 Å². The topological polar surface area (TPSA) is 29.5 Å². The van der Waals surface area contributed by atoms with E-state index in [1.165, 1.54) is 0 Å². The van der Waals surface area contributed by atoms with Gasteiger partial charge in [0, 0.05) is 12.3 Å². The van der Waals surface area contributed by atoms with Gasteiger partial charge in [0.15, 0.2) is 0 Å². The summed E-state index contributed by atoms with van der Waals surface area (Å²) in [4.78, 5) is 14.9. The molecule has 0 N–H and O–H groups in total. The van der Waals surface area contributed by atoms with E-state index in [9.17, 15) is 4.79 Å². The Morgan fingerprint density at radius 2 is 1.64 bits per heavy atom. The summed E-state index contributed by atoms with van der Waals surface area (Å²) in [6, 6.07) is 27.1. The van der Waals surface area contributed by atoms with Crippen LogP contribution in [0.2, 0.25) is 0 Å². The summed E-state index contributed by atoms with van der Waals surface area (Å²) < 4.78 is 5.95. The second-order valence-electron chi connectivity index (χ2n) is 6.52. The number of hydrogen-bond donors (Lipinski definition) is 0. The molecule has 0 spiro atoms. The fraction of sp³-hybridized carbons (Fsp3) is 0.174. The number of halogens is 1. The fourth-order valence-corrected chi connectivity index (χ4v) is 4.76. The zero-order valence-corrected chi connectivity index (χ0v) is 16.8. The zero-order chi connectivity index (χ0) is 19.3. The first-order valence-electron chi connectivity index (χ1n) is 9.16. The van der Waals surface area contributed by atoms with Gasteiger partial charge in [-0.3, -0.25) is 4.79 Å². The number of hydrogen-bond acceptors (Lipinski definition) is 3. The van der Waals surface area contributed by atoms with Gasteiger partial charge in [-0.2, -0.15) is 0 Å². The van der Waals surface area contributed by atoms with Crippen molar-refractivity contribution in [3.05, 3.63) is 96.1 Å². The minimum absolute atomic E-state index is 0.0581. The number of para-hydroxylation sites is 1. The molecule has 1 heterocycles. The van der Waals surface area contributed by atoms with Crippen molar-refractivity contribution in [2.45, 2.75) is 10.8 Å². The fourth-order valence-electron chi connectivity index (χ4n) is 3.24. The molecular formula is C23H20ClNO2S. The van der Waals surface area contributed by atoms with Crippen LogP contribution in [-0.2, 0) is 4.79 Å². The van der Waals surface area contributed by atoms with Crippen molar-refractivity contribution in [2.75, 3.05) is 12.3 Å². The summed E-state index contributed by atoms with van der Waals surface area (Å²) in [6.45, 7) is 0.688. The van der Waals surface area contributed by atoms with Crippen LogP contribution in [0.15, 0.2) is 84.9 Å². The van der Waals surface area contributed by atoms with Crippen LogP contribution < -0.4 is 4.74 Å². The normalized spacial score (nSPS) is 17.3. The minimum atomic E-state index is -0.675. The van der Waals surface area contributed by atoms with Crippen LogP contribution in [0.1, 0.15) is 21.9 Å². The van der Waals surface area contributed by atoms with E-state index in [4.69, 9.17) is 16.3 Å². The molecule has 1 aliphatic heterocycles. The number of carbonyl (C=O) groups excluding carboxylic acids is 1. The molecule has 3 nitrogen and oxygen atoms in total. The summed E-state index contributed by atoms with van der Waals surface area (Å²) >= 11 is 8.25. The highest BCUT2D eigenvalue weighted by Gasteiger charge is 2.34. The quantitative estimate of drug-likeness (QED) is 0.481. The molecule has 0 aromatic heterocycles. The van der Waals surface area contributed by atoms with Gasteiger partial charge in [-0.15, -0.1) is 23.4 Å². The maximum Gasteiger partial charge on any atom is 0.246 e. The summed E-state index contributed by atoms with van der Waals surface area (Å²) in [7, 11) is 0. The van der Waals surface area contributed by atoms with E-state index in [0.717, 1.165) is 28.4 Å². The average Bonchev–Trinajstić information content (AvgIpc) is 3.24. The van der Waals surface area contributed by atoms with Gasteiger partial charge in [-0.25, -0.2) is 0 Å². The number of thioether (sulfide) groups is 1. The van der Waals surface area contributed by atoms with Gasteiger partial charge in [0.2, 0.25) is 5.91 Å². The molecule has 2 atom stereocenters. The lowest BCUT2D eigenvalue weighted by Gasteiger charge is -2.26. The van der Waals surface area contributed by atoms with Gasteiger partial charge in [0.05, 0.1) is 0 Å². The molecule has 0 saturated carbocycles. The summed E-state index contributed by atoms with van der Waals surface area (Å²) in [6.07, 6.45) is 0. The van der Waals surface area contributed by atoms with Gasteiger partial charge >= 0.3 is 0 Å². The molecule has 5 heteroatoms. The number of ether oxygens (including phenoxy) is 1. The number of carbonyl (C=O) groups is 1. The van der Waals surface area contributed by atoms with Crippen molar-refractivity contribution in [2.24, 2.45) is 0 Å². The lowest BCUT2D eigenvalue weighted by molar-refractivity contribution is -0.131. The Hall–Kier alpha value is -2.43. The Morgan fingerprint density at radius 1 is 0.964 bits per heavy atom. The first kappa shape index (κ1) is 18.9. The highest BCUT2D eigenvalue weighted by molar-refractivity contribution is 7.99. The maximum absolute atomic E-state index is 13.1. The largest absolute Gasteiger partial charge is 0.457 e. The third-order valence-corrected chi connectivity index (χ3v) is 6.30. The molecule has 1 saturated heterocycles. The summed E-state index contributed by atoms with van der Waals surface area (Å²) in [5, 5.41) is -0.733. The lowest BCUT2D eigenvalue weighted by Crippen LogP contribution is -2.33. The van der Waals surface area contributed by atoms with E-state index < -0.39 is 5.38 Å². The van der Waals surface area contributed by atoms with E-state index in [1.807, 2.05) is 89.8 Å². The molecule has 1 amide bonds. The molecule has 0 radical (unpaired) electrons. The molecule has 1 aliphatic rings. The molecule has 3 aromatic carbocycles. The monoisotopic (exact) mass is 409 g/mol. The third kappa shape index (κ3) is 4.18. The molecule has 0 bridgehead atoms. The number of amides is 1. The van der Waals surface area contributed by atoms with E-state index >= 15 is 0 Å². The van der Waals surface area contributed by atoms with E-state index in [1.54, 1.807) is 11.8 Å². The Labute approximate surface area is 174 Å². The zero-order valence-electron chi connectivity index (χ0n) is 15.2. The molecule has 142 valence electrons. The van der Waals surface area contributed by atoms with Gasteiger partial charge in [-0.05, 0) is 35.4 Å². The van der Waals surface area contributed by atoms with E-state index in [0.29, 0.717) is 6.54 Å². The van der Waals surface area contributed by atoms with Crippen LogP contribution in [-0.4, -0.2) is 23.1 Å². The molecular weight excluding hydrogens is 390 g/mol. The van der Waals surface area contributed by atoms with Crippen molar-refractivity contribution in [3.63, 3.8) is 0 Å². The molecule has 3 aromatic rings. The van der Waals surface area contributed by atoms with Crippen molar-refractivity contribution in [1.82, 2.24) is 4.90 Å². The molecule has 0 aliphatic carbocycles. The Balaban J connectivity index is 1.53. The first-order valence-corrected chi connectivity index (χ1v) is 10.6. The van der Waals surface area contributed by atoms with Crippen molar-refractivity contribution >= 4 is 29.3 Å². The van der Waals surface area contributed by atoms with Gasteiger partial charge in [0.1, 0.15) is 22.2 Å². The predicted octanol–water partition coefficient (Wildman–Crippen LogP) is 6.03. The first-order chi connectivity index (χ1) is 13.7. The smallest absolute Gasteiger partial charge is 0.246 e. The second-order valence-corrected chi connectivity index (χ2v) is 8.14. The maximum atomic E-state index is 13.1. The summed E-state index contributed by atoms with van der Waals surface area (Å²) in [5.41, 5.74) is 1.87. The highest BCUT2D eigenvalue weighted by Crippen LogP contribution is 2.41. The van der Waals surface area contributed by atoms with Crippen LogP contribution in [0.5, 0.6) is 11.5 Å². The number of benzene rings is 3. The van der Waals surface area contributed by atoms with Crippen LogP contribution in [0, 0.1) is 0 Å². The predicted molar refractivity (Wildman–Crippen MR) is 115 cm³/mol. The average molecular weight is 410 g/mol. The van der Waals surface area contributed by atoms with Crippen molar-refractivity contribution < 1.29 is 9.53 Å². The Kier molecular flexibility index (Phi) is 5.89. The number of alkyl halides is 1. The van der Waals surface area contributed by atoms with Crippen molar-refractivity contribution in [3.8, 4) is 11.5 Å². The van der Waals surface area contributed by atoms with Crippen LogP contribution in [0.4, 0.5) is 0 Å². The third-order valence-electron chi connectivity index (χ3n) is 4.61. The SMILES string of the molecule is O=C([C@@H](Cl)c1ccccc1)N1CCS[C@H]1c1cccc(Oc2ccccc2)c1. The van der Waals surface area contributed by atoms with Crippen LogP contribution in [0.3, 0.4) is 0 Å². The van der Waals surface area contributed by atoms with Crippen LogP contribution in [0.25, 0.3) is 0 Å². The lowest BCUT2D eigenvalue weighted by atomic mass is 10.1. The van der Waals surface area contributed by atoms with E-state index in [-0.39, 0.29) is 11.3 Å². The molecule has 28 heavy (non-hydrogen) atoms. The standard InChI is InChI=1S/C23H20ClNO2S/c24-21(17-8-3-1-4-9-17)22(26)25-14-15-28-23(25)18-10-7-13-20(16-18)27-19-11-5-2-6-12-19/h1-13,16,21,23H,14-15H2/t21-,23-/m0/s1. The summed E-state index contributed by atoms with van der Waals surface area (Å²) in [5.74, 6) is 2.38. The molecule has 0 unspecified atom stereocenters. The highest BCUT2D eigenvalue weighted by atomic mass is 35.5. The molecule has 4 rings (SSSR count). The number of rotatable bonds is 5. The Bertz CT molecular complexity index is 936. The van der Waals surface area contributed by atoms with E-state index in [2.05, 4.69) is 0 Å². The van der Waals surface area contributed by atoms with Crippen molar-refractivity contribution in [1.29, 1.82) is 0 Å². The Morgan fingerprint density at radius 3 is 2.39 bits per heavy atom. The molecule has 1 fully saturated rings. The second kappa shape index (κ2) is 8.72.